The lowest BCUT2D eigenvalue weighted by Gasteiger charge is -2.12. The molecule has 0 aliphatic carbocycles. The molecule has 1 aromatic carbocycles. The molecule has 1 aliphatic rings. The third kappa shape index (κ3) is 1.64. The van der Waals surface area contributed by atoms with Gasteiger partial charge in [-0.1, -0.05) is 23.0 Å². The van der Waals surface area contributed by atoms with E-state index in [0.29, 0.717) is 5.56 Å². The van der Waals surface area contributed by atoms with Crippen LogP contribution >= 0.6 is 0 Å². The summed E-state index contributed by atoms with van der Waals surface area (Å²) in [7, 11) is 0. The Morgan fingerprint density at radius 3 is 2.83 bits per heavy atom. The molecule has 0 radical (unpaired) electrons. The van der Waals surface area contributed by atoms with Crippen molar-refractivity contribution in [3.63, 3.8) is 0 Å². The summed E-state index contributed by atoms with van der Waals surface area (Å²) in [6.45, 7) is 0.231. The number of imide groups is 1. The van der Waals surface area contributed by atoms with Crippen molar-refractivity contribution in [1.82, 2.24) is 14.8 Å². The number of fused-ring (bicyclic) bond motifs is 1. The second-order valence-electron chi connectivity index (χ2n) is 3.81. The largest absolute Gasteiger partial charge is 0.443 e. The zero-order chi connectivity index (χ0) is 12.5. The van der Waals surface area contributed by atoms with E-state index in [9.17, 15) is 9.59 Å². The summed E-state index contributed by atoms with van der Waals surface area (Å²) in [6.07, 6.45) is 2.22. The summed E-state index contributed by atoms with van der Waals surface area (Å²) in [5.41, 5.74) is 1.36. The molecule has 6 heteroatoms. The number of aromatic nitrogens is 2. The Hall–Kier alpha value is -2.63. The minimum absolute atomic E-state index is 0.231. The average molecular weight is 243 g/mol. The molecule has 0 unspecified atom stereocenters. The van der Waals surface area contributed by atoms with Gasteiger partial charge in [-0.05, 0) is 17.7 Å². The monoisotopic (exact) mass is 243 g/mol. The molecule has 0 N–H and O–H groups in total. The third-order valence-electron chi connectivity index (χ3n) is 2.69. The van der Waals surface area contributed by atoms with Gasteiger partial charge in [-0.3, -0.25) is 9.63 Å². The van der Waals surface area contributed by atoms with E-state index in [2.05, 4.69) is 5.10 Å². The molecule has 90 valence electrons. The first-order chi connectivity index (χ1) is 8.75. The zero-order valence-corrected chi connectivity index (χ0v) is 9.31. The number of rotatable bonds is 1. The third-order valence-corrected chi connectivity index (χ3v) is 2.69. The average Bonchev–Trinajstić information content (AvgIpc) is 2.98. The molecule has 6 nitrogen and oxygen atoms in total. The Bertz CT molecular complexity index is 607. The van der Waals surface area contributed by atoms with Gasteiger partial charge in [0.25, 0.3) is 5.91 Å². The summed E-state index contributed by atoms with van der Waals surface area (Å²) in [5.74, 6) is -0.345. The van der Waals surface area contributed by atoms with Gasteiger partial charge < -0.3 is 0 Å². The van der Waals surface area contributed by atoms with Gasteiger partial charge in [0.2, 0.25) is 0 Å². The second-order valence-corrected chi connectivity index (χ2v) is 3.81. The fourth-order valence-electron chi connectivity index (χ4n) is 1.84. The summed E-state index contributed by atoms with van der Waals surface area (Å²) < 4.78 is 0. The molecular weight excluding hydrogens is 234 g/mol. The highest BCUT2D eigenvalue weighted by molar-refractivity contribution is 6.06. The van der Waals surface area contributed by atoms with Crippen molar-refractivity contribution < 1.29 is 14.4 Å². The molecule has 0 saturated heterocycles. The van der Waals surface area contributed by atoms with Crippen LogP contribution in [-0.2, 0) is 6.54 Å². The predicted octanol–water partition coefficient (Wildman–Crippen LogP) is 1.09. The molecule has 3 rings (SSSR count). The number of benzene rings is 1. The van der Waals surface area contributed by atoms with E-state index in [1.807, 2.05) is 12.1 Å². The smallest absolute Gasteiger partial charge is 0.299 e. The molecule has 0 fully saturated rings. The number of hydrogen-bond acceptors (Lipinski definition) is 4. The highest BCUT2D eigenvalue weighted by Gasteiger charge is 2.33. The van der Waals surface area contributed by atoms with Crippen molar-refractivity contribution in [3.05, 3.63) is 53.9 Å². The van der Waals surface area contributed by atoms with Gasteiger partial charge in [-0.25, -0.2) is 9.69 Å². The van der Waals surface area contributed by atoms with Crippen molar-refractivity contribution in [2.24, 2.45) is 0 Å². The second kappa shape index (κ2) is 3.99. The highest BCUT2D eigenvalue weighted by Crippen LogP contribution is 2.22. The molecule has 1 aliphatic heterocycles. The zero-order valence-electron chi connectivity index (χ0n) is 9.31. The van der Waals surface area contributed by atoms with Crippen molar-refractivity contribution in [2.75, 3.05) is 0 Å². The minimum Gasteiger partial charge on any atom is -0.299 e. The number of carbonyl (C=O) groups is 2. The SMILES string of the molecule is O=C(On1cccn1)N1Cc2ccccc2C1=O. The Balaban J connectivity index is 1.80. The van der Waals surface area contributed by atoms with Crippen LogP contribution in [0.25, 0.3) is 0 Å². The standard InChI is InChI=1S/C12H9N3O3/c16-11-10-5-2-1-4-9(10)8-14(11)12(17)18-15-7-3-6-13-15/h1-7H,8H2. The molecule has 1 aromatic heterocycles. The lowest BCUT2D eigenvalue weighted by Crippen LogP contribution is -2.37. The van der Waals surface area contributed by atoms with Crippen LogP contribution in [0, 0.1) is 0 Å². The number of hydrogen-bond donors (Lipinski definition) is 0. The van der Waals surface area contributed by atoms with E-state index in [0.717, 1.165) is 15.3 Å². The van der Waals surface area contributed by atoms with Crippen molar-refractivity contribution in [3.8, 4) is 0 Å². The van der Waals surface area contributed by atoms with Gasteiger partial charge in [0, 0.05) is 5.56 Å². The van der Waals surface area contributed by atoms with E-state index in [4.69, 9.17) is 4.84 Å². The Labute approximate surface area is 102 Å². The van der Waals surface area contributed by atoms with Crippen LogP contribution in [0.15, 0.2) is 42.7 Å². The Morgan fingerprint density at radius 1 is 1.28 bits per heavy atom. The highest BCUT2D eigenvalue weighted by atomic mass is 16.7. The van der Waals surface area contributed by atoms with Gasteiger partial charge in [-0.15, -0.1) is 5.10 Å². The molecular formula is C12H9N3O3. The van der Waals surface area contributed by atoms with Crippen LogP contribution in [0.2, 0.25) is 0 Å². The summed E-state index contributed by atoms with van der Waals surface area (Å²) in [4.78, 5) is 30.7. The van der Waals surface area contributed by atoms with Crippen LogP contribution in [0.5, 0.6) is 0 Å². The number of nitrogens with zero attached hydrogens (tertiary/aromatic N) is 3. The summed E-state index contributed by atoms with van der Waals surface area (Å²) in [6, 6.07) is 8.72. The topological polar surface area (TPSA) is 64.4 Å². The molecule has 2 aromatic rings. The van der Waals surface area contributed by atoms with E-state index < -0.39 is 6.09 Å². The van der Waals surface area contributed by atoms with Crippen LogP contribution in [0.4, 0.5) is 4.79 Å². The maximum atomic E-state index is 12.0. The molecule has 0 bridgehead atoms. The summed E-state index contributed by atoms with van der Waals surface area (Å²) >= 11 is 0. The van der Waals surface area contributed by atoms with Crippen molar-refractivity contribution >= 4 is 12.0 Å². The van der Waals surface area contributed by atoms with Crippen molar-refractivity contribution in [1.29, 1.82) is 0 Å². The van der Waals surface area contributed by atoms with Gasteiger partial charge in [0.1, 0.15) is 0 Å². The summed E-state index contributed by atoms with van der Waals surface area (Å²) in [5, 5.41) is 3.74. The van der Waals surface area contributed by atoms with Crippen LogP contribution in [0.1, 0.15) is 15.9 Å². The maximum absolute atomic E-state index is 12.0. The van der Waals surface area contributed by atoms with Crippen LogP contribution < -0.4 is 4.84 Å². The van der Waals surface area contributed by atoms with Gasteiger partial charge >= 0.3 is 6.09 Å². The van der Waals surface area contributed by atoms with E-state index in [1.165, 1.54) is 12.4 Å². The van der Waals surface area contributed by atoms with Crippen LogP contribution in [-0.4, -0.2) is 26.8 Å². The molecule has 18 heavy (non-hydrogen) atoms. The molecule has 0 spiro atoms. The Morgan fingerprint density at radius 2 is 2.11 bits per heavy atom. The molecule has 0 saturated carbocycles. The van der Waals surface area contributed by atoms with E-state index in [-0.39, 0.29) is 12.5 Å². The maximum Gasteiger partial charge on any atom is 0.443 e. The minimum atomic E-state index is -0.736. The molecule has 2 amide bonds. The first-order valence-electron chi connectivity index (χ1n) is 5.37. The molecule has 0 atom stereocenters. The number of amides is 2. The number of carbonyl (C=O) groups excluding carboxylic acids is 2. The quantitative estimate of drug-likeness (QED) is 0.752. The Kier molecular flexibility index (Phi) is 2.33. The van der Waals surface area contributed by atoms with Gasteiger partial charge in [-0.2, -0.15) is 0 Å². The normalized spacial score (nSPS) is 13.6. The first kappa shape index (κ1) is 10.5. The lowest BCUT2D eigenvalue weighted by molar-refractivity contribution is 0.0602. The fourth-order valence-corrected chi connectivity index (χ4v) is 1.84. The lowest BCUT2D eigenvalue weighted by atomic mass is 10.1. The molecule has 2 heterocycles. The van der Waals surface area contributed by atoms with E-state index in [1.54, 1.807) is 18.2 Å². The van der Waals surface area contributed by atoms with E-state index >= 15 is 0 Å². The van der Waals surface area contributed by atoms with Crippen molar-refractivity contribution in [2.45, 2.75) is 6.54 Å². The van der Waals surface area contributed by atoms with Gasteiger partial charge in [0.15, 0.2) is 0 Å². The first-order valence-corrected chi connectivity index (χ1v) is 5.37. The van der Waals surface area contributed by atoms with Crippen LogP contribution in [0.3, 0.4) is 0 Å². The predicted molar refractivity (Wildman–Crippen MR) is 60.5 cm³/mol. The van der Waals surface area contributed by atoms with Gasteiger partial charge in [0.05, 0.1) is 18.9 Å². The fraction of sp³-hybridized carbons (Fsp3) is 0.0833.